The zero-order chi connectivity index (χ0) is 16.6. The maximum Gasteiger partial charge on any atom is 0.243 e. The van der Waals surface area contributed by atoms with Crippen molar-refractivity contribution in [2.75, 3.05) is 7.05 Å². The van der Waals surface area contributed by atoms with E-state index in [0.29, 0.717) is 15.6 Å². The van der Waals surface area contributed by atoms with Crippen LogP contribution in [0.2, 0.25) is 0 Å². The zero-order valence-corrected chi connectivity index (χ0v) is 15.8. The van der Waals surface area contributed by atoms with Crippen LogP contribution in [0.3, 0.4) is 0 Å². The van der Waals surface area contributed by atoms with Crippen molar-refractivity contribution in [1.82, 2.24) is 4.31 Å². The standard InChI is InChI=1S/C15H24BrNO3S/c1-10-13(16)7-12(9-18)8-14(10)21(19,20)17(6)11(2)15(3,4)5/h7-8,11,18H,9H2,1-6H3. The average Bonchev–Trinajstić information content (AvgIpc) is 2.38. The van der Waals surface area contributed by atoms with E-state index in [4.69, 9.17) is 0 Å². The van der Waals surface area contributed by atoms with Crippen LogP contribution in [0.15, 0.2) is 21.5 Å². The van der Waals surface area contributed by atoms with E-state index in [1.807, 2.05) is 27.7 Å². The first-order valence-electron chi connectivity index (χ1n) is 6.80. The fourth-order valence-electron chi connectivity index (χ4n) is 1.97. The van der Waals surface area contributed by atoms with Gasteiger partial charge in [-0.3, -0.25) is 0 Å². The van der Waals surface area contributed by atoms with Gasteiger partial charge < -0.3 is 5.11 Å². The van der Waals surface area contributed by atoms with Crippen LogP contribution in [0, 0.1) is 12.3 Å². The molecule has 1 aromatic rings. The molecule has 0 heterocycles. The molecule has 1 rings (SSSR count). The topological polar surface area (TPSA) is 57.6 Å². The highest BCUT2D eigenvalue weighted by atomic mass is 79.9. The number of aliphatic hydroxyl groups excluding tert-OH is 1. The van der Waals surface area contributed by atoms with Gasteiger partial charge in [0.1, 0.15) is 0 Å². The molecule has 4 nitrogen and oxygen atoms in total. The lowest BCUT2D eigenvalue weighted by Gasteiger charge is -2.34. The predicted octanol–water partition coefficient (Wildman–Crippen LogP) is 3.30. The number of hydrogen-bond donors (Lipinski definition) is 1. The summed E-state index contributed by atoms with van der Waals surface area (Å²) in [6.07, 6.45) is 0. The summed E-state index contributed by atoms with van der Waals surface area (Å²) in [4.78, 5) is 0.236. The van der Waals surface area contributed by atoms with Crippen molar-refractivity contribution in [2.24, 2.45) is 5.41 Å². The van der Waals surface area contributed by atoms with Gasteiger partial charge in [-0.2, -0.15) is 4.31 Å². The van der Waals surface area contributed by atoms with Gasteiger partial charge in [0, 0.05) is 17.6 Å². The molecule has 0 fully saturated rings. The lowest BCUT2D eigenvalue weighted by molar-refractivity contribution is 0.216. The van der Waals surface area contributed by atoms with Gasteiger partial charge in [0.2, 0.25) is 10.0 Å². The normalized spacial score (nSPS) is 14.5. The molecule has 6 heteroatoms. The molecule has 0 saturated carbocycles. The predicted molar refractivity (Wildman–Crippen MR) is 88.7 cm³/mol. The van der Waals surface area contributed by atoms with Crippen LogP contribution in [0.4, 0.5) is 0 Å². The number of halogens is 1. The Hall–Kier alpha value is -0.430. The minimum Gasteiger partial charge on any atom is -0.392 e. The molecular formula is C15H24BrNO3S. The Balaban J connectivity index is 3.41. The molecule has 0 aliphatic rings. The third-order valence-corrected chi connectivity index (χ3v) is 6.87. The van der Waals surface area contributed by atoms with Gasteiger partial charge in [-0.1, -0.05) is 36.7 Å². The SMILES string of the molecule is Cc1c(Br)cc(CO)cc1S(=O)(=O)N(C)C(C)C(C)(C)C. The monoisotopic (exact) mass is 377 g/mol. The van der Waals surface area contributed by atoms with Gasteiger partial charge in [-0.05, 0) is 42.5 Å². The molecular weight excluding hydrogens is 354 g/mol. The molecule has 1 atom stereocenters. The maximum atomic E-state index is 12.9. The van der Waals surface area contributed by atoms with Crippen LogP contribution in [-0.4, -0.2) is 30.9 Å². The molecule has 0 aliphatic carbocycles. The van der Waals surface area contributed by atoms with E-state index < -0.39 is 10.0 Å². The van der Waals surface area contributed by atoms with Crippen LogP contribution in [-0.2, 0) is 16.6 Å². The molecule has 1 aromatic carbocycles. The van der Waals surface area contributed by atoms with E-state index in [9.17, 15) is 13.5 Å². The van der Waals surface area contributed by atoms with Gasteiger partial charge in [-0.15, -0.1) is 0 Å². The number of nitrogens with zero attached hydrogens (tertiary/aromatic N) is 1. The average molecular weight is 378 g/mol. The zero-order valence-electron chi connectivity index (χ0n) is 13.4. The second-order valence-electron chi connectivity index (χ2n) is 6.42. The maximum absolute atomic E-state index is 12.9. The van der Waals surface area contributed by atoms with Crippen LogP contribution < -0.4 is 0 Å². The van der Waals surface area contributed by atoms with Crippen molar-refractivity contribution >= 4 is 26.0 Å². The fourth-order valence-corrected chi connectivity index (χ4v) is 4.45. The molecule has 21 heavy (non-hydrogen) atoms. The van der Waals surface area contributed by atoms with Crippen molar-refractivity contribution < 1.29 is 13.5 Å². The molecule has 1 unspecified atom stereocenters. The highest BCUT2D eigenvalue weighted by Crippen LogP contribution is 2.31. The second-order valence-corrected chi connectivity index (χ2v) is 9.24. The van der Waals surface area contributed by atoms with Crippen LogP contribution in [0.1, 0.15) is 38.8 Å². The number of benzene rings is 1. The molecule has 120 valence electrons. The molecule has 1 N–H and O–H groups in total. The summed E-state index contributed by atoms with van der Waals surface area (Å²) in [7, 11) is -2.01. The van der Waals surface area contributed by atoms with Crippen molar-refractivity contribution in [3.05, 3.63) is 27.7 Å². The van der Waals surface area contributed by atoms with Crippen LogP contribution >= 0.6 is 15.9 Å². The molecule has 0 saturated heterocycles. The molecule has 0 bridgehead atoms. The minimum atomic E-state index is -3.61. The first kappa shape index (κ1) is 18.6. The molecule has 0 aromatic heterocycles. The summed E-state index contributed by atoms with van der Waals surface area (Å²) in [5.74, 6) is 0. The highest BCUT2D eigenvalue weighted by molar-refractivity contribution is 9.10. The Morgan fingerprint density at radius 1 is 1.33 bits per heavy atom. The Morgan fingerprint density at radius 2 is 1.86 bits per heavy atom. The number of sulfonamides is 1. The Labute approximate surface area is 136 Å². The summed E-state index contributed by atoms with van der Waals surface area (Å²) in [6, 6.07) is 3.13. The first-order valence-corrected chi connectivity index (χ1v) is 9.04. The van der Waals surface area contributed by atoms with Gasteiger partial charge >= 0.3 is 0 Å². The minimum absolute atomic E-state index is 0.154. The van der Waals surface area contributed by atoms with Gasteiger partial charge in [-0.25, -0.2) is 8.42 Å². The van der Waals surface area contributed by atoms with E-state index in [1.165, 1.54) is 4.31 Å². The van der Waals surface area contributed by atoms with Crippen LogP contribution in [0.5, 0.6) is 0 Å². The van der Waals surface area contributed by atoms with E-state index in [2.05, 4.69) is 15.9 Å². The van der Waals surface area contributed by atoms with Crippen LogP contribution in [0.25, 0.3) is 0 Å². The summed E-state index contributed by atoms with van der Waals surface area (Å²) in [5.41, 5.74) is 1.06. The number of hydrogen-bond acceptors (Lipinski definition) is 3. The van der Waals surface area contributed by atoms with Crippen molar-refractivity contribution in [3.63, 3.8) is 0 Å². The van der Waals surface area contributed by atoms with Gasteiger partial charge in [0.15, 0.2) is 0 Å². The Kier molecular flexibility index (Phi) is 5.64. The van der Waals surface area contributed by atoms with Gasteiger partial charge in [0.05, 0.1) is 11.5 Å². The lowest BCUT2D eigenvalue weighted by Crippen LogP contribution is -2.43. The summed E-state index contributed by atoms with van der Waals surface area (Å²) >= 11 is 3.36. The van der Waals surface area contributed by atoms with Crippen molar-refractivity contribution in [3.8, 4) is 0 Å². The van der Waals surface area contributed by atoms with E-state index in [-0.39, 0.29) is 23.0 Å². The fraction of sp³-hybridized carbons (Fsp3) is 0.600. The Morgan fingerprint density at radius 3 is 2.29 bits per heavy atom. The van der Waals surface area contributed by atoms with E-state index in [0.717, 1.165) is 0 Å². The molecule has 0 radical (unpaired) electrons. The van der Waals surface area contributed by atoms with Gasteiger partial charge in [0.25, 0.3) is 0 Å². The number of rotatable bonds is 4. The smallest absolute Gasteiger partial charge is 0.243 e. The third kappa shape index (κ3) is 3.86. The quantitative estimate of drug-likeness (QED) is 0.875. The van der Waals surface area contributed by atoms with Crippen molar-refractivity contribution in [1.29, 1.82) is 0 Å². The third-order valence-electron chi connectivity index (χ3n) is 3.99. The van der Waals surface area contributed by atoms with E-state index in [1.54, 1.807) is 26.1 Å². The summed E-state index contributed by atoms with van der Waals surface area (Å²) in [5, 5.41) is 9.29. The van der Waals surface area contributed by atoms with Crippen molar-refractivity contribution in [2.45, 2.75) is 52.2 Å². The number of aliphatic hydroxyl groups is 1. The molecule has 0 amide bonds. The Bertz CT molecular complexity index is 621. The first-order chi connectivity index (χ1) is 9.42. The second kappa shape index (κ2) is 6.36. The van der Waals surface area contributed by atoms with E-state index >= 15 is 0 Å². The molecule has 0 spiro atoms. The highest BCUT2D eigenvalue weighted by Gasteiger charge is 2.33. The largest absolute Gasteiger partial charge is 0.392 e. The summed E-state index contributed by atoms with van der Waals surface area (Å²) in [6.45, 7) is 9.50. The lowest BCUT2D eigenvalue weighted by atomic mass is 9.88. The molecule has 0 aliphatic heterocycles. The summed E-state index contributed by atoms with van der Waals surface area (Å²) < 4.78 is 27.9.